The average Bonchev–Trinajstić information content (AvgIpc) is 2.43. The first-order chi connectivity index (χ1) is 9.60. The van der Waals surface area contributed by atoms with Gasteiger partial charge in [0.1, 0.15) is 17.5 Å². The van der Waals surface area contributed by atoms with Gasteiger partial charge in [-0.05, 0) is 24.6 Å². The maximum Gasteiger partial charge on any atom is 0.317 e. The Morgan fingerprint density at radius 2 is 2.10 bits per heavy atom. The van der Waals surface area contributed by atoms with Crippen LogP contribution in [0.25, 0.3) is 0 Å². The van der Waals surface area contributed by atoms with E-state index in [0.29, 0.717) is 26.1 Å². The molecular weight excluding hydrogens is 261 g/mol. The number of hydrogen-bond acceptors (Lipinski definition) is 4. The van der Waals surface area contributed by atoms with Crippen LogP contribution in [0.1, 0.15) is 18.9 Å². The molecule has 1 aliphatic heterocycles. The molecule has 1 aromatic carbocycles. The summed E-state index contributed by atoms with van der Waals surface area (Å²) in [5.74, 6) is -1.46. The first kappa shape index (κ1) is 14.7. The van der Waals surface area contributed by atoms with E-state index in [-0.39, 0.29) is 18.2 Å². The number of nitrogens with zero attached hydrogens (tertiary/aromatic N) is 1. The molecule has 4 nitrogen and oxygen atoms in total. The number of carbonyl (C=O) groups is 2. The lowest BCUT2D eigenvalue weighted by molar-refractivity contribution is -0.154. The molecule has 20 heavy (non-hydrogen) atoms. The molecule has 2 rings (SSSR count). The van der Waals surface area contributed by atoms with Gasteiger partial charge in [0, 0.05) is 26.1 Å². The van der Waals surface area contributed by atoms with Crippen LogP contribution in [0.2, 0.25) is 0 Å². The van der Waals surface area contributed by atoms with Crippen LogP contribution in [0, 0.1) is 11.7 Å². The molecule has 1 aliphatic rings. The topological polar surface area (TPSA) is 46.6 Å². The summed E-state index contributed by atoms with van der Waals surface area (Å²) >= 11 is 0. The third-order valence-corrected chi connectivity index (χ3v) is 3.39. The van der Waals surface area contributed by atoms with E-state index in [1.54, 1.807) is 19.1 Å². The Hall–Kier alpha value is -1.75. The van der Waals surface area contributed by atoms with E-state index in [1.165, 1.54) is 12.1 Å². The van der Waals surface area contributed by atoms with Crippen LogP contribution in [-0.2, 0) is 20.9 Å². The summed E-state index contributed by atoms with van der Waals surface area (Å²) in [7, 11) is 0. The highest BCUT2D eigenvalue weighted by molar-refractivity contribution is 5.99. The van der Waals surface area contributed by atoms with Crippen molar-refractivity contribution in [3.05, 3.63) is 35.6 Å². The number of ether oxygens (including phenoxy) is 1. The molecular formula is C15H18FNO3. The fourth-order valence-corrected chi connectivity index (χ4v) is 2.33. The standard InChI is InChI=1S/C15H18FNO3/c1-2-20-15(19)13-10-17(8-7-14(13)18)9-11-3-5-12(16)6-4-11/h3-6,13H,2,7-10H2,1H3. The Bertz CT molecular complexity index is 486. The minimum absolute atomic E-state index is 0.0567. The maximum absolute atomic E-state index is 12.8. The number of ketones is 1. The first-order valence-corrected chi connectivity index (χ1v) is 6.76. The number of benzene rings is 1. The van der Waals surface area contributed by atoms with Gasteiger partial charge in [0.25, 0.3) is 0 Å². The minimum atomic E-state index is -0.691. The highest BCUT2D eigenvalue weighted by atomic mass is 19.1. The molecule has 1 unspecified atom stereocenters. The van der Waals surface area contributed by atoms with Crippen molar-refractivity contribution in [2.24, 2.45) is 5.92 Å². The molecule has 1 aromatic rings. The number of hydrogen-bond donors (Lipinski definition) is 0. The Morgan fingerprint density at radius 3 is 2.75 bits per heavy atom. The zero-order valence-corrected chi connectivity index (χ0v) is 11.5. The van der Waals surface area contributed by atoms with Crippen LogP contribution in [0.15, 0.2) is 24.3 Å². The lowest BCUT2D eigenvalue weighted by atomic mass is 9.96. The van der Waals surface area contributed by atoms with Gasteiger partial charge in [-0.25, -0.2) is 4.39 Å². The van der Waals surface area contributed by atoms with Gasteiger partial charge < -0.3 is 4.74 Å². The summed E-state index contributed by atoms with van der Waals surface area (Å²) in [4.78, 5) is 25.5. The Morgan fingerprint density at radius 1 is 1.40 bits per heavy atom. The summed E-state index contributed by atoms with van der Waals surface area (Å²) in [6, 6.07) is 6.25. The predicted molar refractivity (Wildman–Crippen MR) is 71.4 cm³/mol. The second-order valence-electron chi connectivity index (χ2n) is 4.88. The Kier molecular flexibility index (Phi) is 4.84. The largest absolute Gasteiger partial charge is 0.465 e. The summed E-state index contributed by atoms with van der Waals surface area (Å²) in [5.41, 5.74) is 0.961. The molecule has 5 heteroatoms. The lowest BCUT2D eigenvalue weighted by Crippen LogP contribution is -2.44. The fraction of sp³-hybridized carbons (Fsp3) is 0.467. The van der Waals surface area contributed by atoms with Crippen molar-refractivity contribution < 1.29 is 18.7 Å². The van der Waals surface area contributed by atoms with Gasteiger partial charge in [-0.2, -0.15) is 0 Å². The second kappa shape index (κ2) is 6.61. The minimum Gasteiger partial charge on any atom is -0.465 e. The zero-order valence-electron chi connectivity index (χ0n) is 11.5. The number of Topliss-reactive ketones (excluding diaryl/α,β-unsaturated/α-hetero) is 1. The van der Waals surface area contributed by atoms with Crippen molar-refractivity contribution >= 4 is 11.8 Å². The van der Waals surface area contributed by atoms with E-state index in [0.717, 1.165) is 5.56 Å². The lowest BCUT2D eigenvalue weighted by Gasteiger charge is -2.30. The first-order valence-electron chi connectivity index (χ1n) is 6.76. The molecule has 1 fully saturated rings. The van der Waals surface area contributed by atoms with E-state index < -0.39 is 11.9 Å². The fourth-order valence-electron chi connectivity index (χ4n) is 2.33. The van der Waals surface area contributed by atoms with Gasteiger partial charge in [-0.3, -0.25) is 14.5 Å². The number of esters is 1. The second-order valence-corrected chi connectivity index (χ2v) is 4.88. The molecule has 1 atom stereocenters. The van der Waals surface area contributed by atoms with E-state index in [9.17, 15) is 14.0 Å². The van der Waals surface area contributed by atoms with Gasteiger partial charge in [-0.1, -0.05) is 12.1 Å². The molecule has 0 aromatic heterocycles. The van der Waals surface area contributed by atoms with Crippen LogP contribution in [0.3, 0.4) is 0 Å². The van der Waals surface area contributed by atoms with Crippen molar-refractivity contribution in [3.63, 3.8) is 0 Å². The van der Waals surface area contributed by atoms with Crippen LogP contribution >= 0.6 is 0 Å². The number of likely N-dealkylation sites (tertiary alicyclic amines) is 1. The third-order valence-electron chi connectivity index (χ3n) is 3.39. The maximum atomic E-state index is 12.8. The van der Waals surface area contributed by atoms with Crippen molar-refractivity contribution in [1.29, 1.82) is 0 Å². The van der Waals surface area contributed by atoms with E-state index in [2.05, 4.69) is 0 Å². The molecule has 1 heterocycles. The normalized spacial score (nSPS) is 19.9. The smallest absolute Gasteiger partial charge is 0.317 e. The van der Waals surface area contributed by atoms with Gasteiger partial charge in [0.05, 0.1) is 6.61 Å². The number of rotatable bonds is 4. The van der Waals surface area contributed by atoms with Gasteiger partial charge in [0.15, 0.2) is 0 Å². The van der Waals surface area contributed by atoms with Crippen LogP contribution in [0.5, 0.6) is 0 Å². The van der Waals surface area contributed by atoms with Crippen molar-refractivity contribution in [2.45, 2.75) is 19.9 Å². The molecule has 0 saturated carbocycles. The van der Waals surface area contributed by atoms with Crippen molar-refractivity contribution in [2.75, 3.05) is 19.7 Å². The van der Waals surface area contributed by atoms with E-state index >= 15 is 0 Å². The van der Waals surface area contributed by atoms with Gasteiger partial charge >= 0.3 is 5.97 Å². The molecule has 0 N–H and O–H groups in total. The van der Waals surface area contributed by atoms with Crippen LogP contribution < -0.4 is 0 Å². The summed E-state index contributed by atoms with van der Waals surface area (Å²) in [6.07, 6.45) is 0.352. The molecule has 0 radical (unpaired) electrons. The monoisotopic (exact) mass is 279 g/mol. The third kappa shape index (κ3) is 3.63. The summed E-state index contributed by atoms with van der Waals surface area (Å²) < 4.78 is 17.8. The van der Waals surface area contributed by atoms with Crippen LogP contribution in [-0.4, -0.2) is 36.3 Å². The van der Waals surface area contributed by atoms with Crippen molar-refractivity contribution in [3.8, 4) is 0 Å². The van der Waals surface area contributed by atoms with Gasteiger partial charge in [-0.15, -0.1) is 0 Å². The SMILES string of the molecule is CCOC(=O)C1CN(Cc2ccc(F)cc2)CCC1=O. The number of halogens is 1. The van der Waals surface area contributed by atoms with Crippen LogP contribution in [0.4, 0.5) is 4.39 Å². The average molecular weight is 279 g/mol. The summed E-state index contributed by atoms with van der Waals surface area (Å²) in [6.45, 7) is 3.59. The molecule has 0 amide bonds. The predicted octanol–water partition coefficient (Wildman–Crippen LogP) is 1.78. The highest BCUT2D eigenvalue weighted by Gasteiger charge is 2.33. The quantitative estimate of drug-likeness (QED) is 0.622. The molecule has 108 valence electrons. The number of piperidine rings is 1. The Labute approximate surface area is 117 Å². The van der Waals surface area contributed by atoms with Gasteiger partial charge in [0.2, 0.25) is 0 Å². The highest BCUT2D eigenvalue weighted by Crippen LogP contribution is 2.17. The summed E-state index contributed by atoms with van der Waals surface area (Å²) in [5, 5.41) is 0. The molecule has 0 spiro atoms. The number of carbonyl (C=O) groups excluding carboxylic acids is 2. The Balaban J connectivity index is 1.98. The van der Waals surface area contributed by atoms with E-state index in [4.69, 9.17) is 4.74 Å². The molecule has 1 saturated heterocycles. The molecule has 0 aliphatic carbocycles. The van der Waals surface area contributed by atoms with Crippen molar-refractivity contribution in [1.82, 2.24) is 4.90 Å². The molecule has 0 bridgehead atoms. The zero-order chi connectivity index (χ0) is 14.5. The van der Waals surface area contributed by atoms with E-state index in [1.807, 2.05) is 4.90 Å².